The summed E-state index contributed by atoms with van der Waals surface area (Å²) in [6.45, 7) is 9.27. The number of ether oxygens (including phenoxy) is 2. The van der Waals surface area contributed by atoms with E-state index >= 15 is 0 Å². The summed E-state index contributed by atoms with van der Waals surface area (Å²) in [6.07, 6.45) is 0. The van der Waals surface area contributed by atoms with Gasteiger partial charge in [0.15, 0.2) is 5.82 Å². The fourth-order valence-electron chi connectivity index (χ4n) is 3.14. The number of nitrogens with one attached hydrogen (secondary N) is 1. The molecule has 0 radical (unpaired) electrons. The number of carbonyl (C=O) groups is 1. The van der Waals surface area contributed by atoms with Gasteiger partial charge in [-0.2, -0.15) is 0 Å². The predicted molar refractivity (Wildman–Crippen MR) is 130 cm³/mol. The number of nitrogens with two attached hydrogens (primary N) is 1. The molecule has 0 aliphatic heterocycles. The van der Waals surface area contributed by atoms with Crippen LogP contribution < -0.4 is 20.6 Å². The lowest BCUT2D eigenvalue weighted by Crippen LogP contribution is -2.29. The fraction of sp³-hybridized carbons (Fsp3) is 0.375. The average Bonchev–Trinajstić information content (AvgIpc) is 3.13. The Hall–Kier alpha value is -3.20. The molecular formula is C24H31N5O3S. The molecule has 0 aliphatic carbocycles. The maximum absolute atomic E-state index is 12.1. The van der Waals surface area contributed by atoms with E-state index in [-0.39, 0.29) is 18.3 Å². The second-order valence-corrected chi connectivity index (χ2v) is 9.00. The molecule has 0 bridgehead atoms. The summed E-state index contributed by atoms with van der Waals surface area (Å²) >= 11 is 1.22. The minimum absolute atomic E-state index is 0.130. The number of aryl methyl sites for hydroxylation is 2. The molecule has 1 heterocycles. The second-order valence-electron chi connectivity index (χ2n) is 8.06. The summed E-state index contributed by atoms with van der Waals surface area (Å²) in [7, 11) is 0. The number of hydrogen-bond acceptors (Lipinski definition) is 7. The molecule has 8 nitrogen and oxygen atoms in total. The van der Waals surface area contributed by atoms with Gasteiger partial charge in [-0.1, -0.05) is 49.9 Å². The normalized spacial score (nSPS) is 10.9. The Morgan fingerprint density at radius 2 is 1.91 bits per heavy atom. The zero-order valence-electron chi connectivity index (χ0n) is 19.5. The number of thioether (sulfide) groups is 1. The van der Waals surface area contributed by atoms with Crippen LogP contribution in [-0.2, 0) is 11.4 Å². The third-order valence-electron chi connectivity index (χ3n) is 4.90. The van der Waals surface area contributed by atoms with E-state index in [1.165, 1.54) is 16.4 Å². The highest BCUT2D eigenvalue weighted by molar-refractivity contribution is 7.99. The van der Waals surface area contributed by atoms with E-state index in [1.54, 1.807) is 0 Å². The first kappa shape index (κ1) is 24.4. The van der Waals surface area contributed by atoms with Gasteiger partial charge < -0.3 is 20.6 Å². The molecule has 2 aromatic carbocycles. The SMILES string of the molecule is Cc1cccc(OCCNC(=O)CSc2nnc(COc3cc(C)ccc3C(C)C)n2N)c1. The highest BCUT2D eigenvalue weighted by atomic mass is 32.2. The van der Waals surface area contributed by atoms with Gasteiger partial charge >= 0.3 is 0 Å². The fourth-order valence-corrected chi connectivity index (χ4v) is 3.84. The van der Waals surface area contributed by atoms with Crippen LogP contribution in [0.2, 0.25) is 0 Å². The number of amides is 1. The quantitative estimate of drug-likeness (QED) is 0.251. The second kappa shape index (κ2) is 11.6. The zero-order chi connectivity index (χ0) is 23.8. The molecule has 33 heavy (non-hydrogen) atoms. The van der Waals surface area contributed by atoms with Gasteiger partial charge in [0.05, 0.1) is 12.3 Å². The van der Waals surface area contributed by atoms with Crippen molar-refractivity contribution < 1.29 is 14.3 Å². The summed E-state index contributed by atoms with van der Waals surface area (Å²) in [5.74, 6) is 8.59. The van der Waals surface area contributed by atoms with Crippen molar-refractivity contribution in [2.24, 2.45) is 0 Å². The van der Waals surface area contributed by atoms with Crippen LogP contribution in [0.5, 0.6) is 11.5 Å². The van der Waals surface area contributed by atoms with E-state index in [0.717, 1.165) is 28.2 Å². The lowest BCUT2D eigenvalue weighted by atomic mass is 10.0. The number of carbonyl (C=O) groups excluding carboxylic acids is 1. The number of rotatable bonds is 11. The van der Waals surface area contributed by atoms with Crippen LogP contribution in [0.3, 0.4) is 0 Å². The molecule has 0 aliphatic rings. The molecule has 0 unspecified atom stereocenters. The smallest absolute Gasteiger partial charge is 0.230 e. The molecule has 3 aromatic rings. The van der Waals surface area contributed by atoms with Gasteiger partial charge in [0.25, 0.3) is 0 Å². The number of nitrogen functional groups attached to an aromatic ring is 1. The maximum atomic E-state index is 12.1. The predicted octanol–water partition coefficient (Wildman–Crippen LogP) is 3.60. The molecule has 0 fully saturated rings. The van der Waals surface area contributed by atoms with Gasteiger partial charge in [-0.25, -0.2) is 4.68 Å². The third kappa shape index (κ3) is 7.15. The van der Waals surface area contributed by atoms with Crippen molar-refractivity contribution in [2.75, 3.05) is 24.7 Å². The molecule has 1 amide bonds. The monoisotopic (exact) mass is 469 g/mol. The molecule has 0 atom stereocenters. The van der Waals surface area contributed by atoms with Crippen molar-refractivity contribution in [3.05, 3.63) is 65.0 Å². The van der Waals surface area contributed by atoms with Crippen LogP contribution in [0.1, 0.15) is 42.3 Å². The van der Waals surface area contributed by atoms with Gasteiger partial charge in [-0.05, 0) is 54.7 Å². The first-order valence-electron chi connectivity index (χ1n) is 10.8. The van der Waals surface area contributed by atoms with Crippen molar-refractivity contribution in [3.8, 4) is 11.5 Å². The Labute approximate surface area is 198 Å². The van der Waals surface area contributed by atoms with Gasteiger partial charge in [0.1, 0.15) is 24.7 Å². The van der Waals surface area contributed by atoms with Crippen molar-refractivity contribution in [1.29, 1.82) is 0 Å². The van der Waals surface area contributed by atoms with Crippen LogP contribution >= 0.6 is 11.8 Å². The standard InChI is InChI=1S/C24H31N5O3S/c1-16(2)20-9-8-18(4)13-21(20)32-14-22-27-28-24(29(22)25)33-15-23(30)26-10-11-31-19-7-5-6-17(3)12-19/h5-9,12-13,16H,10-11,14-15,25H2,1-4H3,(H,26,30). The molecule has 0 saturated heterocycles. The lowest BCUT2D eigenvalue weighted by Gasteiger charge is -2.14. The van der Waals surface area contributed by atoms with Crippen LogP contribution in [0, 0.1) is 13.8 Å². The van der Waals surface area contributed by atoms with Crippen LogP contribution in [0.4, 0.5) is 0 Å². The molecule has 0 saturated carbocycles. The molecule has 3 N–H and O–H groups in total. The number of aromatic nitrogens is 3. The van der Waals surface area contributed by atoms with Gasteiger partial charge in [0, 0.05) is 0 Å². The van der Waals surface area contributed by atoms with E-state index in [0.29, 0.717) is 30.1 Å². The van der Waals surface area contributed by atoms with Crippen molar-refractivity contribution in [1.82, 2.24) is 20.2 Å². The first-order valence-corrected chi connectivity index (χ1v) is 11.8. The third-order valence-corrected chi connectivity index (χ3v) is 5.84. The Balaban J connectivity index is 1.44. The zero-order valence-corrected chi connectivity index (χ0v) is 20.3. The van der Waals surface area contributed by atoms with Crippen LogP contribution in [0.25, 0.3) is 0 Å². The lowest BCUT2D eigenvalue weighted by molar-refractivity contribution is -0.118. The van der Waals surface area contributed by atoms with E-state index in [9.17, 15) is 4.79 Å². The summed E-state index contributed by atoms with van der Waals surface area (Å²) < 4.78 is 13.0. The minimum Gasteiger partial charge on any atom is -0.492 e. The van der Waals surface area contributed by atoms with E-state index in [4.69, 9.17) is 15.3 Å². The summed E-state index contributed by atoms with van der Waals surface area (Å²) in [5.41, 5.74) is 3.37. The van der Waals surface area contributed by atoms with Crippen molar-refractivity contribution >= 4 is 17.7 Å². The minimum atomic E-state index is -0.130. The van der Waals surface area contributed by atoms with E-state index < -0.39 is 0 Å². The molecular weight excluding hydrogens is 438 g/mol. The topological polar surface area (TPSA) is 104 Å². The van der Waals surface area contributed by atoms with Crippen LogP contribution in [0.15, 0.2) is 47.6 Å². The average molecular weight is 470 g/mol. The van der Waals surface area contributed by atoms with Gasteiger partial charge in [-0.3, -0.25) is 4.79 Å². The highest BCUT2D eigenvalue weighted by Crippen LogP contribution is 2.28. The van der Waals surface area contributed by atoms with Gasteiger partial charge in [0.2, 0.25) is 11.1 Å². The largest absolute Gasteiger partial charge is 0.492 e. The highest BCUT2D eigenvalue weighted by Gasteiger charge is 2.14. The van der Waals surface area contributed by atoms with E-state index in [1.807, 2.05) is 44.2 Å². The molecule has 176 valence electrons. The Bertz CT molecular complexity index is 1080. The summed E-state index contributed by atoms with van der Waals surface area (Å²) in [4.78, 5) is 12.1. The van der Waals surface area contributed by atoms with E-state index in [2.05, 4.69) is 41.5 Å². The summed E-state index contributed by atoms with van der Waals surface area (Å²) in [6, 6.07) is 13.9. The van der Waals surface area contributed by atoms with Crippen LogP contribution in [-0.4, -0.2) is 39.7 Å². The maximum Gasteiger partial charge on any atom is 0.230 e. The first-order chi connectivity index (χ1) is 15.8. The molecule has 3 rings (SSSR count). The van der Waals surface area contributed by atoms with Gasteiger partial charge in [-0.15, -0.1) is 10.2 Å². The molecule has 0 spiro atoms. The molecule has 9 heteroatoms. The number of benzene rings is 2. The Morgan fingerprint density at radius 1 is 1.12 bits per heavy atom. The summed E-state index contributed by atoms with van der Waals surface area (Å²) in [5, 5.41) is 11.5. The Morgan fingerprint density at radius 3 is 2.67 bits per heavy atom. The number of hydrogen-bond donors (Lipinski definition) is 2. The molecule has 1 aromatic heterocycles. The van der Waals surface area contributed by atoms with Crippen molar-refractivity contribution in [2.45, 2.75) is 45.4 Å². The number of nitrogens with zero attached hydrogens (tertiary/aromatic N) is 3. The Kier molecular flexibility index (Phi) is 8.59. The van der Waals surface area contributed by atoms with Crippen molar-refractivity contribution in [3.63, 3.8) is 0 Å².